The van der Waals surface area contributed by atoms with E-state index >= 15 is 0 Å². The third-order valence-corrected chi connectivity index (χ3v) is 9.42. The minimum Gasteiger partial charge on any atom is -0.453 e. The molecule has 0 spiro atoms. The number of carbonyl (C=O) groups is 2. The van der Waals surface area contributed by atoms with Crippen molar-refractivity contribution in [3.63, 3.8) is 0 Å². The first-order valence-electron chi connectivity index (χ1n) is 15.1. The van der Waals surface area contributed by atoms with Crippen LogP contribution in [0.25, 0.3) is 10.8 Å². The fourth-order valence-electron chi connectivity index (χ4n) is 6.23. The summed E-state index contributed by atoms with van der Waals surface area (Å²) in [5, 5.41) is 15.1. The molecule has 0 aromatic heterocycles. The van der Waals surface area contributed by atoms with Crippen LogP contribution in [-0.4, -0.2) is 62.1 Å². The van der Waals surface area contributed by atoms with E-state index in [0.717, 1.165) is 66.5 Å². The van der Waals surface area contributed by atoms with Crippen molar-refractivity contribution in [1.29, 1.82) is 5.26 Å². The van der Waals surface area contributed by atoms with Crippen molar-refractivity contribution < 1.29 is 14.3 Å². The summed E-state index contributed by atoms with van der Waals surface area (Å²) < 4.78 is 4.80. The van der Waals surface area contributed by atoms with Gasteiger partial charge in [-0.1, -0.05) is 71.7 Å². The van der Waals surface area contributed by atoms with Gasteiger partial charge < -0.3 is 14.5 Å². The number of ether oxygens (including phenoxy) is 1. The predicted molar refractivity (Wildman–Crippen MR) is 180 cm³/mol. The predicted octanol–water partition coefficient (Wildman–Crippen LogP) is 8.32. The second-order valence-electron chi connectivity index (χ2n) is 11.5. The van der Waals surface area contributed by atoms with Crippen LogP contribution in [0.3, 0.4) is 0 Å². The van der Waals surface area contributed by atoms with E-state index in [1.54, 1.807) is 11.0 Å². The second-order valence-corrected chi connectivity index (χ2v) is 12.3. The quantitative estimate of drug-likeness (QED) is 0.198. The fourth-order valence-corrected chi connectivity index (χ4v) is 6.54. The second kappa shape index (κ2) is 14.8. The number of nitrogens with one attached hydrogen (secondary N) is 1. The Morgan fingerprint density at radius 2 is 1.76 bits per heavy atom. The lowest BCUT2D eigenvalue weighted by Crippen LogP contribution is -2.36. The van der Waals surface area contributed by atoms with Gasteiger partial charge >= 0.3 is 6.09 Å². The minimum atomic E-state index is -0.470. The minimum absolute atomic E-state index is 0.0156. The number of rotatable bonds is 9. The van der Waals surface area contributed by atoms with Gasteiger partial charge in [-0.05, 0) is 97.0 Å². The van der Waals surface area contributed by atoms with E-state index < -0.39 is 6.09 Å². The van der Waals surface area contributed by atoms with E-state index in [9.17, 15) is 14.9 Å². The largest absolute Gasteiger partial charge is 0.453 e. The number of methoxy groups -OCH3 is 1. The molecule has 1 fully saturated rings. The number of likely N-dealkylation sites (N-methyl/N-ethyl adjacent to an activating group) is 1. The Morgan fingerprint density at radius 1 is 1.02 bits per heavy atom. The highest BCUT2D eigenvalue weighted by Crippen LogP contribution is 2.34. The maximum Gasteiger partial charge on any atom is 0.411 e. The molecule has 0 radical (unpaired) electrons. The van der Waals surface area contributed by atoms with Crippen molar-refractivity contribution in [2.45, 2.75) is 31.1 Å². The first-order valence-corrected chi connectivity index (χ1v) is 15.8. The zero-order valence-electron chi connectivity index (χ0n) is 25.4. The molecule has 1 heterocycles. The van der Waals surface area contributed by atoms with Crippen molar-refractivity contribution in [3.8, 4) is 6.07 Å². The lowest BCUT2D eigenvalue weighted by atomic mass is 9.87. The highest BCUT2D eigenvalue weighted by atomic mass is 35.5. The number of hydrogen-bond donors (Lipinski definition) is 1. The van der Waals surface area contributed by atoms with Crippen LogP contribution in [0, 0.1) is 11.3 Å². The van der Waals surface area contributed by atoms with Gasteiger partial charge in [0.15, 0.2) is 0 Å². The third kappa shape index (κ3) is 7.77. The van der Waals surface area contributed by atoms with Gasteiger partial charge in [-0.15, -0.1) is 0 Å². The van der Waals surface area contributed by atoms with Crippen LogP contribution < -0.4 is 5.32 Å². The van der Waals surface area contributed by atoms with Gasteiger partial charge in [-0.25, -0.2) is 4.79 Å². The van der Waals surface area contributed by atoms with Gasteiger partial charge in [0.05, 0.1) is 28.8 Å². The first-order chi connectivity index (χ1) is 21.8. The van der Waals surface area contributed by atoms with Crippen molar-refractivity contribution in [1.82, 2.24) is 9.80 Å². The topological polar surface area (TPSA) is 85.7 Å². The Labute approximate surface area is 274 Å². The van der Waals surface area contributed by atoms with Crippen LogP contribution in [0.5, 0.6) is 0 Å². The smallest absolute Gasteiger partial charge is 0.411 e. The molecule has 4 aromatic rings. The molecule has 5 rings (SSSR count). The van der Waals surface area contributed by atoms with Crippen LogP contribution in [-0.2, 0) is 4.74 Å². The van der Waals surface area contributed by atoms with Crippen molar-refractivity contribution in [2.24, 2.45) is 0 Å². The number of benzene rings is 4. The molecule has 0 aliphatic carbocycles. The fraction of sp³-hybridized carbons (Fsp3) is 0.306. The molecule has 0 saturated carbocycles. The molecule has 0 bridgehead atoms. The van der Waals surface area contributed by atoms with Crippen molar-refractivity contribution in [3.05, 3.63) is 111 Å². The third-order valence-electron chi connectivity index (χ3n) is 8.68. The molecule has 45 heavy (non-hydrogen) atoms. The number of halogens is 2. The van der Waals surface area contributed by atoms with Crippen LogP contribution in [0.4, 0.5) is 10.5 Å². The first kappa shape index (κ1) is 32.3. The normalized spacial score (nSPS) is 14.5. The number of para-hydroxylation sites is 1. The number of nitrogens with zero attached hydrogens (tertiary/aromatic N) is 3. The van der Waals surface area contributed by atoms with E-state index in [2.05, 4.69) is 22.4 Å². The Bertz CT molecular complexity index is 1730. The van der Waals surface area contributed by atoms with Gasteiger partial charge in [0.1, 0.15) is 0 Å². The van der Waals surface area contributed by atoms with Gasteiger partial charge in [0.2, 0.25) is 0 Å². The van der Waals surface area contributed by atoms with E-state index in [1.807, 2.05) is 73.8 Å². The summed E-state index contributed by atoms with van der Waals surface area (Å²) in [4.78, 5) is 29.9. The van der Waals surface area contributed by atoms with Crippen molar-refractivity contribution >= 4 is 51.7 Å². The summed E-state index contributed by atoms with van der Waals surface area (Å²) in [7, 11) is 3.18. The summed E-state index contributed by atoms with van der Waals surface area (Å²) in [5.41, 5.74) is 3.92. The number of carbonyl (C=O) groups excluding carboxylic acids is 2. The van der Waals surface area contributed by atoms with E-state index in [1.165, 1.54) is 7.11 Å². The molecule has 7 nitrogen and oxygen atoms in total. The Balaban J connectivity index is 1.29. The lowest BCUT2D eigenvalue weighted by molar-refractivity contribution is 0.0783. The number of likely N-dealkylation sites (tertiary alicyclic amines) is 1. The number of piperidine rings is 1. The molecular formula is C36H36Cl2N4O3. The summed E-state index contributed by atoms with van der Waals surface area (Å²) in [6.07, 6.45) is 2.29. The summed E-state index contributed by atoms with van der Waals surface area (Å²) >= 11 is 12.7. The molecule has 4 aromatic carbocycles. The number of amides is 2. The van der Waals surface area contributed by atoms with E-state index in [4.69, 9.17) is 27.9 Å². The Hall–Kier alpha value is -4.09. The Kier molecular flexibility index (Phi) is 10.6. The molecule has 1 saturated heterocycles. The number of hydrogen-bond acceptors (Lipinski definition) is 5. The van der Waals surface area contributed by atoms with Gasteiger partial charge in [-0.3, -0.25) is 10.1 Å². The average molecular weight is 644 g/mol. The SMILES string of the molecule is COC(=O)Nc1ccccc1C1CCN(CCC(CN(C)C(=O)c2cc(C#N)cc3ccccc23)c2ccc(Cl)c(Cl)c2)CC1. The monoisotopic (exact) mass is 642 g/mol. The van der Waals surface area contributed by atoms with E-state index in [-0.39, 0.29) is 11.8 Å². The van der Waals surface area contributed by atoms with E-state index in [0.29, 0.717) is 33.6 Å². The molecule has 2 amide bonds. The molecule has 232 valence electrons. The molecule has 1 atom stereocenters. The molecule has 1 aliphatic heterocycles. The standard InChI is InChI=1S/C36H36Cl2N4O3/c1-41(35(43)31-20-24(22-39)19-27-7-3-4-8-29(27)31)23-28(26-11-12-32(37)33(38)21-26)15-18-42-16-13-25(14-17-42)30-9-5-6-10-34(30)40-36(44)45-2/h3-12,19-21,25,28H,13-18,23H2,1-2H3,(H,40,44). The van der Waals surface area contributed by atoms with Crippen LogP contribution in [0.1, 0.15) is 58.1 Å². The lowest BCUT2D eigenvalue weighted by Gasteiger charge is -2.34. The molecule has 9 heteroatoms. The highest BCUT2D eigenvalue weighted by Gasteiger charge is 2.26. The summed E-state index contributed by atoms with van der Waals surface area (Å²) in [6.45, 7) is 3.18. The summed E-state index contributed by atoms with van der Waals surface area (Å²) in [6, 6.07) is 26.9. The van der Waals surface area contributed by atoms with Gasteiger partial charge in [0, 0.05) is 30.8 Å². The summed E-state index contributed by atoms with van der Waals surface area (Å²) in [5.74, 6) is 0.221. The molecule has 1 aliphatic rings. The van der Waals surface area contributed by atoms with Crippen LogP contribution in [0.2, 0.25) is 10.0 Å². The average Bonchev–Trinajstić information content (AvgIpc) is 3.07. The van der Waals surface area contributed by atoms with Gasteiger partial charge in [-0.2, -0.15) is 5.26 Å². The number of fused-ring (bicyclic) bond motifs is 1. The number of anilines is 1. The Morgan fingerprint density at radius 3 is 2.49 bits per heavy atom. The number of nitriles is 1. The van der Waals surface area contributed by atoms with Crippen LogP contribution >= 0.6 is 23.2 Å². The zero-order chi connectivity index (χ0) is 31.9. The van der Waals surface area contributed by atoms with Crippen molar-refractivity contribution in [2.75, 3.05) is 45.7 Å². The maximum absolute atomic E-state index is 13.8. The maximum atomic E-state index is 13.8. The molecular weight excluding hydrogens is 607 g/mol. The molecule has 1 N–H and O–H groups in total. The molecule has 1 unspecified atom stereocenters. The zero-order valence-corrected chi connectivity index (χ0v) is 26.9. The highest BCUT2D eigenvalue weighted by molar-refractivity contribution is 6.42. The van der Waals surface area contributed by atoms with Crippen LogP contribution in [0.15, 0.2) is 78.9 Å². The van der Waals surface area contributed by atoms with Gasteiger partial charge in [0.25, 0.3) is 5.91 Å².